The highest BCUT2D eigenvalue weighted by Gasteiger charge is 2.23. The number of likely N-dealkylation sites (N-methyl/N-ethyl adjacent to an activating group) is 1. The molecule has 0 radical (unpaired) electrons. The topological polar surface area (TPSA) is 78.8 Å². The van der Waals surface area contributed by atoms with Crippen LogP contribution in [0, 0.1) is 0 Å². The number of benzene rings is 2. The Bertz CT molecular complexity index is 642. The first kappa shape index (κ1) is 15.9. The molecule has 2 atom stereocenters. The van der Waals surface area contributed by atoms with E-state index in [0.29, 0.717) is 0 Å². The van der Waals surface area contributed by atoms with Crippen LogP contribution < -0.4 is 5.32 Å². The number of nitrogens with one attached hydrogen (secondary N) is 1. The second kappa shape index (κ2) is 6.95. The van der Waals surface area contributed by atoms with Crippen molar-refractivity contribution in [2.75, 3.05) is 7.05 Å². The largest absolute Gasteiger partial charge is 0.504 e. The molecule has 5 heteroatoms. The van der Waals surface area contributed by atoms with Crippen LogP contribution in [-0.2, 0) is 4.74 Å². The van der Waals surface area contributed by atoms with Crippen LogP contribution in [0.25, 0.3) is 0 Å². The minimum Gasteiger partial charge on any atom is -0.504 e. The van der Waals surface area contributed by atoms with Crippen LogP contribution in [0.1, 0.15) is 28.9 Å². The normalized spacial score (nSPS) is 13.4. The summed E-state index contributed by atoms with van der Waals surface area (Å²) >= 11 is 0. The fraction of sp³-hybridized carbons (Fsp3) is 0.235. The summed E-state index contributed by atoms with van der Waals surface area (Å²) < 4.78 is 5.58. The Morgan fingerprint density at radius 3 is 2.36 bits per heavy atom. The molecule has 0 amide bonds. The molecule has 0 fully saturated rings. The van der Waals surface area contributed by atoms with Crippen molar-refractivity contribution in [1.82, 2.24) is 5.32 Å². The number of aromatic hydroxyl groups is 2. The molecular weight excluding hydrogens is 282 g/mol. The fourth-order valence-corrected chi connectivity index (χ4v) is 2.09. The number of phenolic OH excluding ortho intramolecular Hbond substituents is 2. The molecule has 2 rings (SSSR count). The van der Waals surface area contributed by atoms with Crippen molar-refractivity contribution in [3.05, 3.63) is 59.7 Å². The maximum Gasteiger partial charge on any atom is 0.338 e. The van der Waals surface area contributed by atoms with Gasteiger partial charge in [-0.2, -0.15) is 0 Å². The summed E-state index contributed by atoms with van der Waals surface area (Å²) in [4.78, 5) is 12.3. The summed E-state index contributed by atoms with van der Waals surface area (Å²) in [6.07, 6.45) is -0.463. The molecule has 2 aromatic rings. The van der Waals surface area contributed by atoms with Crippen LogP contribution in [0.15, 0.2) is 48.5 Å². The van der Waals surface area contributed by atoms with Crippen molar-refractivity contribution in [2.45, 2.75) is 19.1 Å². The third-order valence-electron chi connectivity index (χ3n) is 3.48. The SMILES string of the molecule is CN[C@H](C)[C@@H](OC(=O)c1ccc(O)c(O)c1)c1ccccc1. The Hall–Kier alpha value is -2.53. The summed E-state index contributed by atoms with van der Waals surface area (Å²) in [6, 6.07) is 13.2. The van der Waals surface area contributed by atoms with Gasteiger partial charge in [-0.05, 0) is 37.7 Å². The van der Waals surface area contributed by atoms with Crippen molar-refractivity contribution < 1.29 is 19.7 Å². The molecule has 3 N–H and O–H groups in total. The minimum atomic E-state index is -0.564. The Balaban J connectivity index is 2.23. The molecule has 0 aliphatic rings. The lowest BCUT2D eigenvalue weighted by molar-refractivity contribution is 0.0219. The van der Waals surface area contributed by atoms with E-state index in [9.17, 15) is 15.0 Å². The molecular formula is C17H19NO4. The number of phenols is 2. The molecule has 0 spiro atoms. The van der Waals surface area contributed by atoms with Crippen LogP contribution in [0.4, 0.5) is 0 Å². The fourth-order valence-electron chi connectivity index (χ4n) is 2.09. The van der Waals surface area contributed by atoms with Crippen LogP contribution in [-0.4, -0.2) is 29.3 Å². The maximum absolute atomic E-state index is 12.3. The van der Waals surface area contributed by atoms with Gasteiger partial charge in [-0.15, -0.1) is 0 Å². The third kappa shape index (κ3) is 3.56. The highest BCUT2D eigenvalue weighted by molar-refractivity contribution is 5.90. The number of hydrogen-bond donors (Lipinski definition) is 3. The molecule has 0 unspecified atom stereocenters. The molecule has 116 valence electrons. The smallest absolute Gasteiger partial charge is 0.338 e. The van der Waals surface area contributed by atoms with Crippen LogP contribution >= 0.6 is 0 Å². The molecule has 0 saturated carbocycles. The molecule has 0 aromatic heterocycles. The van der Waals surface area contributed by atoms with Crippen molar-refractivity contribution >= 4 is 5.97 Å². The van der Waals surface area contributed by atoms with E-state index >= 15 is 0 Å². The first-order chi connectivity index (χ1) is 10.5. The molecule has 0 aliphatic carbocycles. The van der Waals surface area contributed by atoms with E-state index in [-0.39, 0.29) is 23.1 Å². The van der Waals surface area contributed by atoms with Crippen molar-refractivity contribution in [1.29, 1.82) is 0 Å². The standard InChI is InChI=1S/C17H19NO4/c1-11(18-2)16(12-6-4-3-5-7-12)22-17(21)13-8-9-14(19)15(20)10-13/h3-11,16,18-20H,1-2H3/t11-,16-/m1/s1. The zero-order valence-electron chi connectivity index (χ0n) is 12.5. The average Bonchev–Trinajstić information content (AvgIpc) is 2.55. The second-order valence-corrected chi connectivity index (χ2v) is 5.02. The minimum absolute atomic E-state index is 0.0861. The average molecular weight is 301 g/mol. The maximum atomic E-state index is 12.3. The zero-order chi connectivity index (χ0) is 16.1. The first-order valence-corrected chi connectivity index (χ1v) is 6.98. The quantitative estimate of drug-likeness (QED) is 0.584. The molecule has 0 saturated heterocycles. The third-order valence-corrected chi connectivity index (χ3v) is 3.48. The lowest BCUT2D eigenvalue weighted by atomic mass is 10.0. The molecule has 0 heterocycles. The number of hydrogen-bond acceptors (Lipinski definition) is 5. The zero-order valence-corrected chi connectivity index (χ0v) is 12.5. The van der Waals surface area contributed by atoms with E-state index in [1.807, 2.05) is 37.3 Å². The Morgan fingerprint density at radius 1 is 1.09 bits per heavy atom. The van der Waals surface area contributed by atoms with Gasteiger partial charge in [0, 0.05) is 6.04 Å². The van der Waals surface area contributed by atoms with E-state index < -0.39 is 12.1 Å². The van der Waals surface area contributed by atoms with Gasteiger partial charge in [0.15, 0.2) is 11.5 Å². The molecule has 22 heavy (non-hydrogen) atoms. The van der Waals surface area contributed by atoms with Gasteiger partial charge in [-0.1, -0.05) is 30.3 Å². The summed E-state index contributed by atoms with van der Waals surface area (Å²) in [6.45, 7) is 1.92. The van der Waals surface area contributed by atoms with E-state index in [0.717, 1.165) is 5.56 Å². The van der Waals surface area contributed by atoms with Gasteiger partial charge in [0.1, 0.15) is 6.10 Å². The highest BCUT2D eigenvalue weighted by atomic mass is 16.5. The van der Waals surface area contributed by atoms with Gasteiger partial charge in [-0.3, -0.25) is 0 Å². The lowest BCUT2D eigenvalue weighted by Gasteiger charge is -2.24. The van der Waals surface area contributed by atoms with E-state index in [4.69, 9.17) is 4.74 Å². The number of rotatable bonds is 5. The van der Waals surface area contributed by atoms with Gasteiger partial charge >= 0.3 is 5.97 Å². The van der Waals surface area contributed by atoms with Crippen LogP contribution in [0.5, 0.6) is 11.5 Å². The van der Waals surface area contributed by atoms with Gasteiger partial charge in [0.25, 0.3) is 0 Å². The van der Waals surface area contributed by atoms with Gasteiger partial charge in [0.2, 0.25) is 0 Å². The van der Waals surface area contributed by atoms with Gasteiger partial charge < -0.3 is 20.3 Å². The van der Waals surface area contributed by atoms with E-state index in [1.165, 1.54) is 18.2 Å². The van der Waals surface area contributed by atoms with Crippen molar-refractivity contribution in [3.63, 3.8) is 0 Å². The van der Waals surface area contributed by atoms with Crippen LogP contribution in [0.2, 0.25) is 0 Å². The first-order valence-electron chi connectivity index (χ1n) is 6.98. The van der Waals surface area contributed by atoms with E-state index in [2.05, 4.69) is 5.32 Å². The molecule has 2 aromatic carbocycles. The number of ether oxygens (including phenoxy) is 1. The summed E-state index contributed by atoms with van der Waals surface area (Å²) in [5, 5.41) is 21.9. The highest BCUT2D eigenvalue weighted by Crippen LogP contribution is 2.27. The van der Waals surface area contributed by atoms with Crippen molar-refractivity contribution in [2.24, 2.45) is 0 Å². The number of esters is 1. The Labute approximate surface area is 129 Å². The predicted octanol–water partition coefficient (Wildman–Crippen LogP) is 2.60. The number of carbonyl (C=O) groups is 1. The summed E-state index contributed by atoms with van der Waals surface area (Å²) in [5.41, 5.74) is 1.06. The summed E-state index contributed by atoms with van der Waals surface area (Å²) in [5.74, 6) is -1.20. The second-order valence-electron chi connectivity index (χ2n) is 5.02. The molecule has 5 nitrogen and oxygen atoms in total. The Kier molecular flexibility index (Phi) is 5.01. The Morgan fingerprint density at radius 2 is 1.77 bits per heavy atom. The molecule has 0 aliphatic heterocycles. The number of carbonyl (C=O) groups excluding carboxylic acids is 1. The lowest BCUT2D eigenvalue weighted by Crippen LogP contribution is -2.32. The predicted molar refractivity (Wildman–Crippen MR) is 82.9 cm³/mol. The van der Waals surface area contributed by atoms with E-state index in [1.54, 1.807) is 7.05 Å². The van der Waals surface area contributed by atoms with Gasteiger partial charge in [-0.25, -0.2) is 4.79 Å². The molecule has 0 bridgehead atoms. The van der Waals surface area contributed by atoms with Crippen LogP contribution in [0.3, 0.4) is 0 Å². The summed E-state index contributed by atoms with van der Waals surface area (Å²) in [7, 11) is 1.79. The van der Waals surface area contributed by atoms with Crippen molar-refractivity contribution in [3.8, 4) is 11.5 Å². The monoisotopic (exact) mass is 301 g/mol. The van der Waals surface area contributed by atoms with Gasteiger partial charge in [0.05, 0.1) is 5.56 Å².